The maximum absolute atomic E-state index is 5.59. The highest BCUT2D eigenvalue weighted by Crippen LogP contribution is 2.30. The number of nitrogens with zero attached hydrogens (tertiary/aromatic N) is 2. The molecule has 0 bridgehead atoms. The molecule has 0 atom stereocenters. The number of aromatic nitrogens is 2. The average molecular weight is 284 g/mol. The van der Waals surface area contributed by atoms with Crippen LogP contribution in [0.3, 0.4) is 0 Å². The number of aryl methyl sites for hydroxylation is 1. The van der Waals surface area contributed by atoms with Gasteiger partial charge in [-0.1, -0.05) is 45.0 Å². The molecule has 3 N–H and O–H groups in total. The number of hydrogen-bond donors (Lipinski definition) is 2. The molecule has 0 amide bonds. The van der Waals surface area contributed by atoms with Gasteiger partial charge in [0, 0.05) is 24.1 Å². The first-order chi connectivity index (χ1) is 9.93. The molecule has 0 unspecified atom stereocenters. The summed E-state index contributed by atoms with van der Waals surface area (Å²) in [5, 5.41) is 3.32. The Morgan fingerprint density at radius 2 is 1.90 bits per heavy atom. The Balaban J connectivity index is 2.56. The molecule has 0 aliphatic carbocycles. The third-order valence-corrected chi connectivity index (χ3v) is 3.32. The molecule has 4 heteroatoms. The first kappa shape index (κ1) is 15.4. The summed E-state index contributed by atoms with van der Waals surface area (Å²) in [6.45, 7) is 9.75. The van der Waals surface area contributed by atoms with Crippen LogP contribution in [0.15, 0.2) is 30.5 Å². The molecule has 112 valence electrons. The van der Waals surface area contributed by atoms with Crippen molar-refractivity contribution < 1.29 is 0 Å². The van der Waals surface area contributed by atoms with E-state index in [1.165, 1.54) is 5.56 Å². The highest BCUT2D eigenvalue weighted by atomic mass is 15.0. The molecule has 0 radical (unpaired) electrons. The fourth-order valence-corrected chi connectivity index (χ4v) is 2.12. The standard InChI is InChI=1S/C17H24N4/c1-12-7-5-6-8-13(12)15-14(19-10-9-18)11-20-16(21-15)17(2,3)4/h5-8,11,19H,9-10,18H2,1-4H3. The predicted octanol–water partition coefficient (Wildman–Crippen LogP) is 3.12. The minimum absolute atomic E-state index is 0.0795. The predicted molar refractivity (Wildman–Crippen MR) is 88.4 cm³/mol. The normalized spacial score (nSPS) is 11.5. The SMILES string of the molecule is Cc1ccccc1-c1nc(C(C)(C)C)ncc1NCCN. The van der Waals surface area contributed by atoms with Crippen LogP contribution in [0.5, 0.6) is 0 Å². The number of benzene rings is 1. The van der Waals surface area contributed by atoms with Gasteiger partial charge < -0.3 is 11.1 Å². The van der Waals surface area contributed by atoms with E-state index in [1.54, 1.807) is 0 Å². The van der Waals surface area contributed by atoms with Crippen molar-refractivity contribution in [2.75, 3.05) is 18.4 Å². The van der Waals surface area contributed by atoms with Gasteiger partial charge in [-0.3, -0.25) is 0 Å². The molecule has 4 nitrogen and oxygen atoms in total. The lowest BCUT2D eigenvalue weighted by Crippen LogP contribution is -2.19. The monoisotopic (exact) mass is 284 g/mol. The van der Waals surface area contributed by atoms with Crippen LogP contribution in [0.25, 0.3) is 11.3 Å². The fourth-order valence-electron chi connectivity index (χ4n) is 2.12. The van der Waals surface area contributed by atoms with Crippen molar-refractivity contribution in [1.82, 2.24) is 9.97 Å². The topological polar surface area (TPSA) is 63.8 Å². The van der Waals surface area contributed by atoms with Crippen molar-refractivity contribution in [1.29, 1.82) is 0 Å². The minimum atomic E-state index is -0.0795. The second-order valence-electron chi connectivity index (χ2n) is 6.24. The Morgan fingerprint density at radius 1 is 1.19 bits per heavy atom. The molecule has 0 spiro atoms. The van der Waals surface area contributed by atoms with Crippen molar-refractivity contribution in [3.63, 3.8) is 0 Å². The van der Waals surface area contributed by atoms with Crippen LogP contribution in [0.4, 0.5) is 5.69 Å². The number of anilines is 1. The van der Waals surface area contributed by atoms with Crippen molar-refractivity contribution in [2.24, 2.45) is 5.73 Å². The molecule has 0 aliphatic rings. The van der Waals surface area contributed by atoms with E-state index in [1.807, 2.05) is 18.3 Å². The molecule has 2 aromatic rings. The van der Waals surface area contributed by atoms with Gasteiger partial charge in [-0.15, -0.1) is 0 Å². The van der Waals surface area contributed by atoms with Crippen LogP contribution in [-0.2, 0) is 5.41 Å². The van der Waals surface area contributed by atoms with E-state index in [2.05, 4.69) is 50.1 Å². The molecule has 0 saturated carbocycles. The number of hydrogen-bond acceptors (Lipinski definition) is 4. The molecule has 2 rings (SSSR count). The summed E-state index contributed by atoms with van der Waals surface area (Å²) in [6, 6.07) is 8.27. The lowest BCUT2D eigenvalue weighted by Gasteiger charge is -2.20. The zero-order chi connectivity index (χ0) is 15.5. The third-order valence-electron chi connectivity index (χ3n) is 3.32. The summed E-state index contributed by atoms with van der Waals surface area (Å²) in [7, 11) is 0. The zero-order valence-electron chi connectivity index (χ0n) is 13.3. The van der Waals surface area contributed by atoms with Crippen LogP contribution in [0.2, 0.25) is 0 Å². The zero-order valence-corrected chi connectivity index (χ0v) is 13.3. The van der Waals surface area contributed by atoms with Crippen molar-refractivity contribution in [3.8, 4) is 11.3 Å². The van der Waals surface area contributed by atoms with Gasteiger partial charge in [0.1, 0.15) is 5.82 Å². The van der Waals surface area contributed by atoms with Gasteiger partial charge in [-0.25, -0.2) is 9.97 Å². The second-order valence-corrected chi connectivity index (χ2v) is 6.24. The van der Waals surface area contributed by atoms with Crippen molar-refractivity contribution in [2.45, 2.75) is 33.1 Å². The smallest absolute Gasteiger partial charge is 0.134 e. The van der Waals surface area contributed by atoms with Gasteiger partial charge in [-0.05, 0) is 12.5 Å². The van der Waals surface area contributed by atoms with E-state index in [4.69, 9.17) is 10.7 Å². The maximum Gasteiger partial charge on any atom is 0.134 e. The summed E-state index contributed by atoms with van der Waals surface area (Å²) in [5.74, 6) is 0.846. The van der Waals surface area contributed by atoms with E-state index in [-0.39, 0.29) is 5.41 Å². The van der Waals surface area contributed by atoms with Crippen LogP contribution in [0, 0.1) is 6.92 Å². The first-order valence-electron chi connectivity index (χ1n) is 7.31. The summed E-state index contributed by atoms with van der Waals surface area (Å²) in [4.78, 5) is 9.32. The van der Waals surface area contributed by atoms with Crippen LogP contribution in [0.1, 0.15) is 32.2 Å². The fraction of sp³-hybridized carbons (Fsp3) is 0.412. The summed E-state index contributed by atoms with van der Waals surface area (Å²) in [6.07, 6.45) is 1.87. The summed E-state index contributed by atoms with van der Waals surface area (Å²) >= 11 is 0. The molecule has 0 aliphatic heterocycles. The van der Waals surface area contributed by atoms with E-state index in [0.717, 1.165) is 22.8 Å². The van der Waals surface area contributed by atoms with Crippen LogP contribution >= 0.6 is 0 Å². The average Bonchev–Trinajstić information content (AvgIpc) is 2.44. The van der Waals surface area contributed by atoms with Gasteiger partial charge in [0.2, 0.25) is 0 Å². The lowest BCUT2D eigenvalue weighted by molar-refractivity contribution is 0.546. The van der Waals surface area contributed by atoms with Gasteiger partial charge in [-0.2, -0.15) is 0 Å². The lowest BCUT2D eigenvalue weighted by atomic mass is 9.95. The maximum atomic E-state index is 5.59. The molecule has 21 heavy (non-hydrogen) atoms. The molecule has 1 aromatic heterocycles. The highest BCUT2D eigenvalue weighted by Gasteiger charge is 2.20. The van der Waals surface area contributed by atoms with E-state index >= 15 is 0 Å². The molecule has 0 saturated heterocycles. The summed E-state index contributed by atoms with van der Waals surface area (Å²) < 4.78 is 0. The van der Waals surface area contributed by atoms with Crippen molar-refractivity contribution in [3.05, 3.63) is 41.9 Å². The Morgan fingerprint density at radius 3 is 2.52 bits per heavy atom. The summed E-state index contributed by atoms with van der Waals surface area (Å²) in [5.41, 5.74) is 9.72. The van der Waals surface area contributed by atoms with E-state index in [9.17, 15) is 0 Å². The molecule has 0 fully saturated rings. The molecular weight excluding hydrogens is 260 g/mol. The second kappa shape index (κ2) is 6.22. The largest absolute Gasteiger partial charge is 0.381 e. The van der Waals surface area contributed by atoms with Gasteiger partial charge in [0.05, 0.1) is 17.6 Å². The molecule has 1 aromatic carbocycles. The van der Waals surface area contributed by atoms with Gasteiger partial charge >= 0.3 is 0 Å². The molecule has 1 heterocycles. The highest BCUT2D eigenvalue weighted by molar-refractivity contribution is 5.75. The quantitative estimate of drug-likeness (QED) is 0.905. The Bertz CT molecular complexity index is 614. The number of nitrogens with two attached hydrogens (primary N) is 1. The Labute approximate surface area is 126 Å². The van der Waals surface area contributed by atoms with Gasteiger partial charge in [0.15, 0.2) is 0 Å². The Hall–Kier alpha value is -1.94. The van der Waals surface area contributed by atoms with Gasteiger partial charge in [0.25, 0.3) is 0 Å². The first-order valence-corrected chi connectivity index (χ1v) is 7.31. The van der Waals surface area contributed by atoms with Crippen molar-refractivity contribution >= 4 is 5.69 Å². The number of rotatable bonds is 4. The van der Waals surface area contributed by atoms with Crippen LogP contribution in [-0.4, -0.2) is 23.1 Å². The molecular formula is C17H24N4. The van der Waals surface area contributed by atoms with E-state index < -0.39 is 0 Å². The third kappa shape index (κ3) is 3.58. The van der Waals surface area contributed by atoms with Crippen LogP contribution < -0.4 is 11.1 Å². The Kier molecular flexibility index (Phi) is 4.58. The minimum Gasteiger partial charge on any atom is -0.381 e. The van der Waals surface area contributed by atoms with E-state index in [0.29, 0.717) is 13.1 Å². The number of nitrogens with one attached hydrogen (secondary N) is 1.